The molecule has 2 aromatic carbocycles. The lowest BCUT2D eigenvalue weighted by Gasteiger charge is -2.30. The van der Waals surface area contributed by atoms with Crippen LogP contribution in [0.1, 0.15) is 23.2 Å². The van der Waals surface area contributed by atoms with Gasteiger partial charge in [-0.1, -0.05) is 18.2 Å². The fourth-order valence-electron chi connectivity index (χ4n) is 3.49. The van der Waals surface area contributed by atoms with E-state index in [1.807, 2.05) is 53.1 Å². The molecule has 2 N–H and O–H groups in total. The van der Waals surface area contributed by atoms with Crippen molar-refractivity contribution >= 4 is 22.8 Å². The molecule has 4 rings (SSSR count). The molecule has 0 atom stereocenters. The number of hydrogen-bond donors (Lipinski definition) is 1. The number of likely N-dealkylation sites (tertiary alicyclic amines) is 1. The maximum Gasteiger partial charge on any atom is 0.253 e. The summed E-state index contributed by atoms with van der Waals surface area (Å²) in [6.45, 7) is 1.12. The van der Waals surface area contributed by atoms with E-state index in [1.165, 1.54) is 0 Å². The fourth-order valence-corrected chi connectivity index (χ4v) is 3.49. The van der Waals surface area contributed by atoms with Gasteiger partial charge in [0.25, 0.3) is 5.91 Å². The van der Waals surface area contributed by atoms with Gasteiger partial charge in [-0.05, 0) is 43.2 Å². The fraction of sp³-hybridized carbons (Fsp3) is 0.250. The summed E-state index contributed by atoms with van der Waals surface area (Å²) >= 11 is 0. The van der Waals surface area contributed by atoms with Crippen LogP contribution in [0.25, 0.3) is 16.7 Å². The number of benzene rings is 2. The second-order valence-electron chi connectivity index (χ2n) is 6.62. The van der Waals surface area contributed by atoms with E-state index in [4.69, 9.17) is 5.73 Å². The number of carbonyl (C=O) groups is 2. The Labute approximate surface area is 151 Å². The first kappa shape index (κ1) is 16.3. The highest BCUT2D eigenvalue weighted by molar-refractivity contribution is 5.97. The summed E-state index contributed by atoms with van der Waals surface area (Å²) in [5, 5.41) is 0. The summed E-state index contributed by atoms with van der Waals surface area (Å²) in [6, 6.07) is 15.6. The third kappa shape index (κ3) is 2.94. The molecule has 0 aliphatic carbocycles. The highest BCUT2D eigenvalue weighted by Crippen LogP contribution is 2.22. The highest BCUT2D eigenvalue weighted by atomic mass is 16.2. The lowest BCUT2D eigenvalue weighted by atomic mass is 9.96. The number of nitrogens with two attached hydrogens (primary N) is 1. The zero-order valence-electron chi connectivity index (χ0n) is 14.3. The van der Waals surface area contributed by atoms with Crippen LogP contribution in [-0.2, 0) is 4.79 Å². The van der Waals surface area contributed by atoms with E-state index in [9.17, 15) is 9.59 Å². The number of piperidine rings is 1. The molecule has 6 heteroatoms. The molecule has 26 heavy (non-hydrogen) atoms. The molecule has 1 aliphatic heterocycles. The highest BCUT2D eigenvalue weighted by Gasteiger charge is 2.26. The van der Waals surface area contributed by atoms with Crippen molar-refractivity contribution in [1.29, 1.82) is 0 Å². The predicted octanol–water partition coefficient (Wildman–Crippen LogP) is 2.36. The van der Waals surface area contributed by atoms with Crippen LogP contribution >= 0.6 is 0 Å². The number of aromatic nitrogens is 2. The van der Waals surface area contributed by atoms with Gasteiger partial charge in [0.05, 0.1) is 11.0 Å². The smallest absolute Gasteiger partial charge is 0.253 e. The number of rotatable bonds is 3. The van der Waals surface area contributed by atoms with Gasteiger partial charge in [-0.25, -0.2) is 4.98 Å². The molecular formula is C20H20N4O2. The maximum atomic E-state index is 12.8. The van der Waals surface area contributed by atoms with Gasteiger partial charge in [-0.2, -0.15) is 0 Å². The Kier molecular flexibility index (Phi) is 4.16. The molecule has 2 heterocycles. The minimum Gasteiger partial charge on any atom is -0.369 e. The van der Waals surface area contributed by atoms with E-state index >= 15 is 0 Å². The first-order valence-electron chi connectivity index (χ1n) is 8.74. The minimum absolute atomic E-state index is 0.0240. The van der Waals surface area contributed by atoms with Gasteiger partial charge in [-0.15, -0.1) is 0 Å². The molecule has 1 saturated heterocycles. The number of primary amides is 1. The van der Waals surface area contributed by atoms with E-state index in [2.05, 4.69) is 4.98 Å². The molecule has 1 fully saturated rings. The van der Waals surface area contributed by atoms with Crippen LogP contribution < -0.4 is 5.73 Å². The number of hydrogen-bond acceptors (Lipinski definition) is 3. The lowest BCUT2D eigenvalue weighted by molar-refractivity contribution is -0.123. The Morgan fingerprint density at radius 3 is 2.46 bits per heavy atom. The third-order valence-electron chi connectivity index (χ3n) is 5.01. The van der Waals surface area contributed by atoms with E-state index in [-0.39, 0.29) is 17.7 Å². The topological polar surface area (TPSA) is 81.2 Å². The summed E-state index contributed by atoms with van der Waals surface area (Å²) in [5.74, 6) is -0.419. The number of nitrogens with zero attached hydrogens (tertiary/aromatic N) is 3. The van der Waals surface area contributed by atoms with Crippen molar-refractivity contribution < 1.29 is 9.59 Å². The first-order valence-corrected chi connectivity index (χ1v) is 8.74. The van der Waals surface area contributed by atoms with E-state index in [0.29, 0.717) is 31.5 Å². The maximum absolute atomic E-state index is 12.8. The van der Waals surface area contributed by atoms with Crippen LogP contribution in [0, 0.1) is 5.92 Å². The van der Waals surface area contributed by atoms with E-state index < -0.39 is 0 Å². The molecule has 0 unspecified atom stereocenters. The van der Waals surface area contributed by atoms with Crippen LogP contribution in [0.15, 0.2) is 54.9 Å². The molecule has 132 valence electrons. The van der Waals surface area contributed by atoms with Crippen LogP contribution in [-0.4, -0.2) is 39.4 Å². The number of imidazole rings is 1. The number of carbonyl (C=O) groups excluding carboxylic acids is 2. The molecule has 1 aromatic heterocycles. The van der Waals surface area contributed by atoms with Crippen molar-refractivity contribution in [3.63, 3.8) is 0 Å². The molecule has 6 nitrogen and oxygen atoms in total. The molecular weight excluding hydrogens is 328 g/mol. The standard InChI is InChI=1S/C20H20N4O2/c21-19(25)14-8-10-23(11-9-14)20(26)15-6-7-18-17(12-15)22-13-24(18)16-4-2-1-3-5-16/h1-7,12-14H,8-11H2,(H2,21,25). The summed E-state index contributed by atoms with van der Waals surface area (Å²) in [6.07, 6.45) is 3.03. The average Bonchev–Trinajstić information content (AvgIpc) is 3.11. The Bertz CT molecular complexity index is 956. The van der Waals surface area contributed by atoms with Gasteiger partial charge in [0.1, 0.15) is 6.33 Å². The van der Waals surface area contributed by atoms with Crippen LogP contribution in [0.3, 0.4) is 0 Å². The summed E-state index contributed by atoms with van der Waals surface area (Å²) in [5.41, 5.74) is 8.75. The normalized spacial score (nSPS) is 15.3. The third-order valence-corrected chi connectivity index (χ3v) is 5.01. The Balaban J connectivity index is 1.57. The quantitative estimate of drug-likeness (QED) is 0.789. The van der Waals surface area contributed by atoms with Gasteiger partial charge >= 0.3 is 0 Å². The van der Waals surface area contributed by atoms with Crippen molar-refractivity contribution in [1.82, 2.24) is 14.5 Å². The van der Waals surface area contributed by atoms with Crippen molar-refractivity contribution in [2.24, 2.45) is 11.7 Å². The summed E-state index contributed by atoms with van der Waals surface area (Å²) < 4.78 is 2.00. The van der Waals surface area contributed by atoms with Gasteiger partial charge in [0.15, 0.2) is 0 Å². The summed E-state index contributed by atoms with van der Waals surface area (Å²) in [7, 11) is 0. The Morgan fingerprint density at radius 1 is 1.04 bits per heavy atom. The SMILES string of the molecule is NC(=O)C1CCN(C(=O)c2ccc3c(c2)ncn3-c2ccccc2)CC1. The van der Waals surface area contributed by atoms with Crippen molar-refractivity contribution in [2.45, 2.75) is 12.8 Å². The zero-order valence-corrected chi connectivity index (χ0v) is 14.3. The molecule has 0 saturated carbocycles. The average molecular weight is 348 g/mol. The van der Waals surface area contributed by atoms with Crippen molar-refractivity contribution in [2.75, 3.05) is 13.1 Å². The molecule has 0 bridgehead atoms. The van der Waals surface area contributed by atoms with E-state index in [0.717, 1.165) is 16.7 Å². The monoisotopic (exact) mass is 348 g/mol. The van der Waals surface area contributed by atoms with Gasteiger partial charge in [0, 0.05) is 30.3 Å². The van der Waals surface area contributed by atoms with Crippen LogP contribution in [0.4, 0.5) is 0 Å². The second-order valence-corrected chi connectivity index (χ2v) is 6.62. The minimum atomic E-state index is -0.273. The molecule has 2 amide bonds. The van der Waals surface area contributed by atoms with Crippen LogP contribution in [0.2, 0.25) is 0 Å². The largest absolute Gasteiger partial charge is 0.369 e. The summed E-state index contributed by atoms with van der Waals surface area (Å²) in [4.78, 5) is 30.3. The van der Waals surface area contributed by atoms with Crippen molar-refractivity contribution in [3.8, 4) is 5.69 Å². The van der Waals surface area contributed by atoms with Gasteiger partial charge in [-0.3, -0.25) is 14.2 Å². The van der Waals surface area contributed by atoms with Crippen molar-refractivity contribution in [3.05, 3.63) is 60.4 Å². The first-order chi connectivity index (χ1) is 12.6. The molecule has 3 aromatic rings. The number of fused-ring (bicyclic) bond motifs is 1. The lowest BCUT2D eigenvalue weighted by Crippen LogP contribution is -2.41. The number of amides is 2. The van der Waals surface area contributed by atoms with Gasteiger partial charge < -0.3 is 10.6 Å². The Morgan fingerprint density at radius 2 is 1.77 bits per heavy atom. The molecule has 0 spiro atoms. The van der Waals surface area contributed by atoms with Gasteiger partial charge in [0.2, 0.25) is 5.91 Å². The predicted molar refractivity (Wildman–Crippen MR) is 98.9 cm³/mol. The van der Waals surface area contributed by atoms with E-state index in [1.54, 1.807) is 11.2 Å². The van der Waals surface area contributed by atoms with Crippen LogP contribution in [0.5, 0.6) is 0 Å². The zero-order chi connectivity index (χ0) is 18.1. The number of para-hydroxylation sites is 1. The molecule has 1 aliphatic rings. The Hall–Kier alpha value is -3.15. The second kappa shape index (κ2) is 6.63. The molecule has 0 radical (unpaired) electrons.